The summed E-state index contributed by atoms with van der Waals surface area (Å²) in [7, 11) is 0. The Kier molecular flexibility index (Phi) is 3.11. The number of hydrogen-bond acceptors (Lipinski definition) is 3. The number of carbonyl (C=O) groups excluding carboxylic acids is 1. The number of rotatable bonds is 2. The van der Waals surface area contributed by atoms with Crippen LogP contribution < -0.4 is 4.74 Å². The highest BCUT2D eigenvalue weighted by molar-refractivity contribution is 5.84. The van der Waals surface area contributed by atoms with Crippen molar-refractivity contribution in [3.8, 4) is 5.75 Å². The van der Waals surface area contributed by atoms with Crippen LogP contribution in [0.5, 0.6) is 5.75 Å². The number of fused-ring (bicyclic) bond motifs is 1. The summed E-state index contributed by atoms with van der Waals surface area (Å²) >= 11 is 0. The van der Waals surface area contributed by atoms with Crippen LogP contribution in [0.3, 0.4) is 0 Å². The minimum atomic E-state index is -0.502. The van der Waals surface area contributed by atoms with E-state index in [0.29, 0.717) is 5.75 Å². The summed E-state index contributed by atoms with van der Waals surface area (Å²) in [4.78, 5) is 11.8. The molecule has 0 unspecified atom stereocenters. The standard InChI is InChI=1S/C14H18N2O2/c1-5-11-10-7-6-9(8-12(10)16-15-11)18-13(17)14(2,3)4/h6-8H,5H2,1-4H3,(H,15,16). The van der Waals surface area contributed by atoms with Crippen molar-refractivity contribution in [2.24, 2.45) is 5.41 Å². The van der Waals surface area contributed by atoms with E-state index in [1.165, 1.54) is 0 Å². The first-order valence-electron chi connectivity index (χ1n) is 6.11. The zero-order chi connectivity index (χ0) is 13.3. The van der Waals surface area contributed by atoms with Gasteiger partial charge in [-0.1, -0.05) is 6.92 Å². The molecule has 4 nitrogen and oxygen atoms in total. The number of nitrogens with zero attached hydrogens (tertiary/aromatic N) is 1. The third-order valence-electron chi connectivity index (χ3n) is 2.77. The second-order valence-corrected chi connectivity index (χ2v) is 5.37. The molecule has 0 amide bonds. The van der Waals surface area contributed by atoms with E-state index in [1.54, 1.807) is 6.07 Å². The highest BCUT2D eigenvalue weighted by Gasteiger charge is 2.23. The number of ether oxygens (including phenoxy) is 1. The molecule has 0 saturated carbocycles. The Hall–Kier alpha value is -1.84. The lowest BCUT2D eigenvalue weighted by atomic mass is 9.97. The van der Waals surface area contributed by atoms with Crippen LogP contribution in [0.25, 0.3) is 10.9 Å². The SMILES string of the molecule is CCc1n[nH]c2cc(OC(=O)C(C)(C)C)ccc12. The van der Waals surface area contributed by atoms with Crippen LogP contribution in [0.4, 0.5) is 0 Å². The third kappa shape index (κ3) is 2.37. The minimum absolute atomic E-state index is 0.239. The van der Waals surface area contributed by atoms with Gasteiger partial charge in [-0.25, -0.2) is 0 Å². The molecule has 0 aliphatic heterocycles. The van der Waals surface area contributed by atoms with E-state index in [2.05, 4.69) is 17.1 Å². The summed E-state index contributed by atoms with van der Waals surface area (Å²) in [6.45, 7) is 7.56. The van der Waals surface area contributed by atoms with E-state index in [0.717, 1.165) is 23.0 Å². The van der Waals surface area contributed by atoms with Crippen LogP contribution in [-0.4, -0.2) is 16.2 Å². The van der Waals surface area contributed by atoms with E-state index < -0.39 is 5.41 Å². The molecule has 4 heteroatoms. The Morgan fingerprint density at radius 3 is 2.72 bits per heavy atom. The number of esters is 1. The van der Waals surface area contributed by atoms with Gasteiger partial charge >= 0.3 is 5.97 Å². The van der Waals surface area contributed by atoms with Crippen LogP contribution in [0.2, 0.25) is 0 Å². The Bertz CT molecular complexity index is 579. The van der Waals surface area contributed by atoms with Gasteiger partial charge in [-0.3, -0.25) is 9.89 Å². The van der Waals surface area contributed by atoms with Crippen LogP contribution in [0.1, 0.15) is 33.4 Å². The Morgan fingerprint density at radius 2 is 2.11 bits per heavy atom. The van der Waals surface area contributed by atoms with E-state index in [4.69, 9.17) is 4.74 Å². The molecule has 1 heterocycles. The number of aryl methyl sites for hydroxylation is 1. The average molecular weight is 246 g/mol. The van der Waals surface area contributed by atoms with Crippen molar-refractivity contribution in [3.63, 3.8) is 0 Å². The number of aromatic amines is 1. The predicted octanol–water partition coefficient (Wildman–Crippen LogP) is 3.08. The summed E-state index contributed by atoms with van der Waals surface area (Å²) in [6, 6.07) is 5.55. The van der Waals surface area contributed by atoms with Crippen molar-refractivity contribution in [3.05, 3.63) is 23.9 Å². The van der Waals surface area contributed by atoms with E-state index >= 15 is 0 Å². The molecule has 0 aliphatic rings. The van der Waals surface area contributed by atoms with Crippen LogP contribution in [0.15, 0.2) is 18.2 Å². The van der Waals surface area contributed by atoms with Crippen molar-refractivity contribution in [2.75, 3.05) is 0 Å². The molecule has 0 atom stereocenters. The third-order valence-corrected chi connectivity index (χ3v) is 2.77. The molecule has 0 aliphatic carbocycles. The Labute approximate surface area is 106 Å². The van der Waals surface area contributed by atoms with Gasteiger partial charge in [-0.2, -0.15) is 5.10 Å². The van der Waals surface area contributed by atoms with Gasteiger partial charge in [0.05, 0.1) is 16.6 Å². The minimum Gasteiger partial charge on any atom is -0.426 e. The smallest absolute Gasteiger partial charge is 0.316 e. The lowest BCUT2D eigenvalue weighted by molar-refractivity contribution is -0.142. The lowest BCUT2D eigenvalue weighted by Crippen LogP contribution is -2.25. The van der Waals surface area contributed by atoms with Crippen LogP contribution >= 0.6 is 0 Å². The van der Waals surface area contributed by atoms with E-state index in [9.17, 15) is 4.79 Å². The average Bonchev–Trinajstić information content (AvgIpc) is 2.69. The predicted molar refractivity (Wildman–Crippen MR) is 70.6 cm³/mol. The molecule has 96 valence electrons. The number of H-pyrrole nitrogens is 1. The van der Waals surface area contributed by atoms with Crippen molar-refractivity contribution in [1.29, 1.82) is 0 Å². The first kappa shape index (κ1) is 12.6. The maximum atomic E-state index is 11.8. The second kappa shape index (κ2) is 4.44. The Balaban J connectivity index is 2.29. The highest BCUT2D eigenvalue weighted by atomic mass is 16.5. The van der Waals surface area contributed by atoms with Crippen molar-refractivity contribution < 1.29 is 9.53 Å². The summed E-state index contributed by atoms with van der Waals surface area (Å²) < 4.78 is 5.34. The molecule has 1 aromatic heterocycles. The highest BCUT2D eigenvalue weighted by Crippen LogP contribution is 2.24. The van der Waals surface area contributed by atoms with E-state index in [-0.39, 0.29) is 5.97 Å². The molecule has 0 bridgehead atoms. The number of nitrogens with one attached hydrogen (secondary N) is 1. The van der Waals surface area contributed by atoms with Crippen LogP contribution in [-0.2, 0) is 11.2 Å². The molecule has 1 N–H and O–H groups in total. The largest absolute Gasteiger partial charge is 0.426 e. The zero-order valence-corrected chi connectivity index (χ0v) is 11.2. The van der Waals surface area contributed by atoms with Crippen molar-refractivity contribution in [2.45, 2.75) is 34.1 Å². The number of carbonyl (C=O) groups is 1. The first-order chi connectivity index (χ1) is 8.41. The fourth-order valence-corrected chi connectivity index (χ4v) is 1.65. The fourth-order valence-electron chi connectivity index (χ4n) is 1.65. The van der Waals surface area contributed by atoms with Gasteiger partial charge in [0.1, 0.15) is 5.75 Å². The van der Waals surface area contributed by atoms with Gasteiger partial charge < -0.3 is 4.74 Å². The molecule has 18 heavy (non-hydrogen) atoms. The molecule has 0 spiro atoms. The summed E-state index contributed by atoms with van der Waals surface area (Å²) in [6.07, 6.45) is 0.876. The molecule has 2 rings (SSSR count). The number of aromatic nitrogens is 2. The maximum absolute atomic E-state index is 11.8. The van der Waals surface area contributed by atoms with Gasteiger partial charge in [0, 0.05) is 11.5 Å². The summed E-state index contributed by atoms with van der Waals surface area (Å²) in [5.41, 5.74) is 1.42. The quantitative estimate of drug-likeness (QED) is 0.654. The van der Waals surface area contributed by atoms with Gasteiger partial charge in [0.15, 0.2) is 0 Å². The van der Waals surface area contributed by atoms with Gasteiger partial charge in [-0.05, 0) is 39.3 Å². The topological polar surface area (TPSA) is 55.0 Å². The summed E-state index contributed by atoms with van der Waals surface area (Å²) in [5, 5.41) is 8.24. The molecular formula is C14H18N2O2. The van der Waals surface area contributed by atoms with Crippen LogP contribution in [0, 0.1) is 5.41 Å². The second-order valence-electron chi connectivity index (χ2n) is 5.37. The van der Waals surface area contributed by atoms with E-state index in [1.807, 2.05) is 32.9 Å². The van der Waals surface area contributed by atoms with Gasteiger partial charge in [0.25, 0.3) is 0 Å². The number of benzene rings is 1. The number of hydrogen-bond donors (Lipinski definition) is 1. The molecular weight excluding hydrogens is 228 g/mol. The summed E-state index contributed by atoms with van der Waals surface area (Å²) in [5.74, 6) is 0.311. The van der Waals surface area contributed by atoms with Gasteiger partial charge in [-0.15, -0.1) is 0 Å². The van der Waals surface area contributed by atoms with Crippen molar-refractivity contribution in [1.82, 2.24) is 10.2 Å². The van der Waals surface area contributed by atoms with Crippen molar-refractivity contribution >= 4 is 16.9 Å². The first-order valence-corrected chi connectivity index (χ1v) is 6.11. The van der Waals surface area contributed by atoms with Gasteiger partial charge in [0.2, 0.25) is 0 Å². The molecule has 1 aromatic carbocycles. The Morgan fingerprint density at radius 1 is 1.39 bits per heavy atom. The monoisotopic (exact) mass is 246 g/mol. The lowest BCUT2D eigenvalue weighted by Gasteiger charge is -2.16. The fraction of sp³-hybridized carbons (Fsp3) is 0.429. The molecule has 0 radical (unpaired) electrons. The molecule has 2 aromatic rings. The normalized spacial score (nSPS) is 11.8. The molecule has 0 fully saturated rings. The molecule has 0 saturated heterocycles. The zero-order valence-electron chi connectivity index (χ0n) is 11.2. The maximum Gasteiger partial charge on any atom is 0.316 e.